The summed E-state index contributed by atoms with van der Waals surface area (Å²) in [5, 5.41) is 1.22. The molecule has 0 aliphatic heterocycles. The lowest BCUT2D eigenvalue weighted by atomic mass is 9.85. The molecule has 15 heavy (non-hydrogen) atoms. The molecule has 0 N–H and O–H groups in total. The molecule has 0 unspecified atom stereocenters. The molecule has 0 radical (unpaired) electrons. The fourth-order valence-electron chi connectivity index (χ4n) is 1.36. The highest BCUT2D eigenvalue weighted by Gasteiger charge is 2.21. The quantitative estimate of drug-likeness (QED) is 0.664. The molecule has 0 fully saturated rings. The molecule has 82 valence electrons. The van der Waals surface area contributed by atoms with Crippen molar-refractivity contribution in [3.63, 3.8) is 0 Å². The van der Waals surface area contributed by atoms with Crippen LogP contribution >= 0.6 is 46.4 Å². The van der Waals surface area contributed by atoms with Crippen LogP contribution < -0.4 is 0 Å². The van der Waals surface area contributed by atoms with Crippen molar-refractivity contribution in [1.29, 1.82) is 0 Å². The Kier molecular flexibility index (Phi) is 4.37. The van der Waals surface area contributed by atoms with Crippen molar-refractivity contribution >= 4 is 46.4 Å². The third-order valence-corrected chi connectivity index (χ3v) is 2.86. The van der Waals surface area contributed by atoms with Gasteiger partial charge in [-0.1, -0.05) is 66.3 Å². The van der Waals surface area contributed by atoms with Crippen LogP contribution in [0.15, 0.2) is 28.8 Å². The highest BCUT2D eigenvalue weighted by molar-refractivity contribution is 6.55. The van der Waals surface area contributed by atoms with E-state index in [1.165, 1.54) is 0 Å². The Morgan fingerprint density at radius 3 is 2.27 bits per heavy atom. The first-order chi connectivity index (χ1) is 6.83. The molecule has 0 aromatic heterocycles. The van der Waals surface area contributed by atoms with Crippen LogP contribution in [0.25, 0.3) is 0 Å². The number of hydrogen-bond acceptors (Lipinski definition) is 0. The van der Waals surface area contributed by atoms with Crippen LogP contribution in [0.2, 0.25) is 10.0 Å². The molecule has 0 aliphatic carbocycles. The van der Waals surface area contributed by atoms with Crippen molar-refractivity contribution in [2.75, 3.05) is 0 Å². The molecule has 0 saturated carbocycles. The topological polar surface area (TPSA) is 0 Å². The third-order valence-electron chi connectivity index (χ3n) is 2.10. The Balaban J connectivity index is 3.21. The van der Waals surface area contributed by atoms with Crippen molar-refractivity contribution in [2.45, 2.75) is 19.3 Å². The van der Waals surface area contributed by atoms with Gasteiger partial charge in [-0.2, -0.15) is 0 Å². The monoisotopic (exact) mass is 282 g/mol. The smallest absolute Gasteiger partial charge is 0.0843 e. The summed E-state index contributed by atoms with van der Waals surface area (Å²) in [6.07, 6.45) is 1.74. The van der Waals surface area contributed by atoms with E-state index in [4.69, 9.17) is 46.4 Å². The first-order valence-electron chi connectivity index (χ1n) is 4.32. The molecule has 1 rings (SSSR count). The van der Waals surface area contributed by atoms with Crippen molar-refractivity contribution in [3.05, 3.63) is 44.4 Å². The van der Waals surface area contributed by atoms with Gasteiger partial charge in [-0.05, 0) is 23.8 Å². The Labute approximate surface area is 110 Å². The average Bonchev–Trinajstić information content (AvgIpc) is 1.99. The second kappa shape index (κ2) is 4.97. The van der Waals surface area contributed by atoms with E-state index >= 15 is 0 Å². The largest absolute Gasteiger partial charge is 0.103 e. The molecule has 0 spiro atoms. The molecule has 0 bridgehead atoms. The zero-order chi connectivity index (χ0) is 11.6. The standard InChI is InChI=1S/C11H10Cl4/c1-11(2,6-10(14)15)8-4-3-7(12)5-9(8)13/h3-6H,1-2H3. The SMILES string of the molecule is CC(C)(C=C(Cl)Cl)c1ccc(Cl)cc1Cl. The lowest BCUT2D eigenvalue weighted by molar-refractivity contribution is 0.670. The van der Waals surface area contributed by atoms with E-state index in [2.05, 4.69) is 0 Å². The highest BCUT2D eigenvalue weighted by atomic mass is 35.5. The second-order valence-corrected chi connectivity index (χ2v) is 5.63. The third kappa shape index (κ3) is 3.57. The minimum absolute atomic E-state index is 0.228. The van der Waals surface area contributed by atoms with Crippen LogP contribution in [0.5, 0.6) is 0 Å². The lowest BCUT2D eigenvalue weighted by Gasteiger charge is -2.22. The number of halogens is 4. The van der Waals surface area contributed by atoms with Gasteiger partial charge in [-0.15, -0.1) is 0 Å². The summed E-state index contributed by atoms with van der Waals surface area (Å²) >= 11 is 23.2. The summed E-state index contributed by atoms with van der Waals surface area (Å²) in [4.78, 5) is 0. The van der Waals surface area contributed by atoms with E-state index in [-0.39, 0.29) is 9.91 Å². The minimum Gasteiger partial charge on any atom is -0.0843 e. The Bertz CT molecular complexity index is 390. The van der Waals surface area contributed by atoms with E-state index in [0.29, 0.717) is 10.0 Å². The van der Waals surface area contributed by atoms with Crippen LogP contribution in [-0.2, 0) is 5.41 Å². The van der Waals surface area contributed by atoms with Crippen LogP contribution in [-0.4, -0.2) is 0 Å². The van der Waals surface area contributed by atoms with Gasteiger partial charge in [0, 0.05) is 15.5 Å². The van der Waals surface area contributed by atoms with Crippen molar-refractivity contribution in [3.8, 4) is 0 Å². The van der Waals surface area contributed by atoms with Crippen LogP contribution in [0.3, 0.4) is 0 Å². The summed E-state index contributed by atoms with van der Waals surface area (Å²) in [6.45, 7) is 3.96. The molecule has 0 nitrogen and oxygen atoms in total. The summed E-state index contributed by atoms with van der Waals surface area (Å²) in [7, 11) is 0. The van der Waals surface area contributed by atoms with E-state index in [1.54, 1.807) is 18.2 Å². The van der Waals surface area contributed by atoms with Crippen molar-refractivity contribution in [1.82, 2.24) is 0 Å². The molecule has 0 atom stereocenters. The molecular formula is C11H10Cl4. The summed E-state index contributed by atoms with van der Waals surface area (Å²) in [5.41, 5.74) is 0.618. The summed E-state index contributed by atoms with van der Waals surface area (Å²) < 4.78 is 0.228. The van der Waals surface area contributed by atoms with Gasteiger partial charge in [-0.25, -0.2) is 0 Å². The van der Waals surface area contributed by atoms with Crippen LogP contribution in [0.4, 0.5) is 0 Å². The predicted octanol–water partition coefficient (Wildman–Crippen LogP) is 5.59. The maximum Gasteiger partial charge on any atom is 0.103 e. The molecule has 1 aromatic rings. The summed E-state index contributed by atoms with van der Waals surface area (Å²) in [6, 6.07) is 5.37. The van der Waals surface area contributed by atoms with Gasteiger partial charge in [0.1, 0.15) is 4.49 Å². The van der Waals surface area contributed by atoms with Gasteiger partial charge >= 0.3 is 0 Å². The second-order valence-electron chi connectivity index (χ2n) is 3.78. The zero-order valence-electron chi connectivity index (χ0n) is 8.32. The van der Waals surface area contributed by atoms with E-state index in [9.17, 15) is 0 Å². The maximum absolute atomic E-state index is 6.10. The van der Waals surface area contributed by atoms with Gasteiger partial charge in [0.25, 0.3) is 0 Å². The van der Waals surface area contributed by atoms with Gasteiger partial charge < -0.3 is 0 Å². The Morgan fingerprint density at radius 2 is 1.80 bits per heavy atom. The van der Waals surface area contributed by atoms with Crippen molar-refractivity contribution < 1.29 is 0 Å². The highest BCUT2D eigenvalue weighted by Crippen LogP contribution is 2.34. The van der Waals surface area contributed by atoms with Crippen molar-refractivity contribution in [2.24, 2.45) is 0 Å². The Hall–Kier alpha value is 0.120. The van der Waals surface area contributed by atoms with E-state index < -0.39 is 0 Å². The van der Waals surface area contributed by atoms with Gasteiger partial charge in [0.15, 0.2) is 0 Å². The van der Waals surface area contributed by atoms with E-state index in [1.807, 2.05) is 19.9 Å². The van der Waals surface area contributed by atoms with Gasteiger partial charge in [0.05, 0.1) is 0 Å². The first-order valence-corrected chi connectivity index (χ1v) is 5.83. The van der Waals surface area contributed by atoms with Crippen LogP contribution in [0.1, 0.15) is 19.4 Å². The molecular weight excluding hydrogens is 274 g/mol. The normalized spacial score (nSPS) is 11.3. The average molecular weight is 284 g/mol. The fraction of sp³-hybridized carbons (Fsp3) is 0.273. The molecule has 0 amide bonds. The fourth-order valence-corrected chi connectivity index (χ4v) is 2.56. The summed E-state index contributed by atoms with van der Waals surface area (Å²) in [5.74, 6) is 0. The molecule has 0 aliphatic rings. The zero-order valence-corrected chi connectivity index (χ0v) is 11.3. The van der Waals surface area contributed by atoms with Crippen LogP contribution in [0, 0.1) is 0 Å². The van der Waals surface area contributed by atoms with E-state index in [0.717, 1.165) is 5.56 Å². The van der Waals surface area contributed by atoms with Gasteiger partial charge in [-0.3, -0.25) is 0 Å². The first kappa shape index (κ1) is 13.2. The molecule has 1 aromatic carbocycles. The molecule has 0 saturated heterocycles. The number of allylic oxidation sites excluding steroid dienone is 1. The molecule has 0 heterocycles. The molecule has 4 heteroatoms. The number of benzene rings is 1. The number of rotatable bonds is 2. The minimum atomic E-state index is -0.319. The lowest BCUT2D eigenvalue weighted by Crippen LogP contribution is -2.14. The van der Waals surface area contributed by atoms with Gasteiger partial charge in [0.2, 0.25) is 0 Å². The maximum atomic E-state index is 6.10. The number of hydrogen-bond donors (Lipinski definition) is 0. The Morgan fingerprint density at radius 1 is 1.20 bits per heavy atom. The predicted molar refractivity (Wildman–Crippen MR) is 69.3 cm³/mol.